The Morgan fingerprint density at radius 2 is 2.05 bits per heavy atom. The number of carbonyl (C=O) groups excluding carboxylic acids is 2. The number of amides is 1. The van der Waals surface area contributed by atoms with Gasteiger partial charge in [-0.3, -0.25) is 14.6 Å². The van der Waals surface area contributed by atoms with Crippen LogP contribution in [0.3, 0.4) is 0 Å². The van der Waals surface area contributed by atoms with Crippen LogP contribution in [-0.4, -0.2) is 16.7 Å². The molecule has 0 aliphatic heterocycles. The van der Waals surface area contributed by atoms with Crippen LogP contribution < -0.4 is 5.32 Å². The zero-order valence-electron chi connectivity index (χ0n) is 11.0. The van der Waals surface area contributed by atoms with Gasteiger partial charge in [-0.2, -0.15) is 0 Å². The molecule has 0 fully saturated rings. The predicted octanol–water partition coefficient (Wildman–Crippen LogP) is 2.94. The molecule has 0 spiro atoms. The molecule has 2 rings (SSSR count). The van der Waals surface area contributed by atoms with Gasteiger partial charge in [-0.1, -0.05) is 18.2 Å². The summed E-state index contributed by atoms with van der Waals surface area (Å²) in [5, 5.41) is 2.71. The van der Waals surface area contributed by atoms with Gasteiger partial charge in [0.15, 0.2) is 5.78 Å². The normalized spacial score (nSPS) is 10.4. The van der Waals surface area contributed by atoms with E-state index < -0.39 is 0 Å². The molecule has 0 bridgehead atoms. The van der Waals surface area contributed by atoms with Crippen LogP contribution in [0.2, 0.25) is 0 Å². The fraction of sp³-hybridized carbons (Fsp3) is 0.0625. The maximum Gasteiger partial charge on any atom is 0.248 e. The highest BCUT2D eigenvalue weighted by atomic mass is 16.1. The molecule has 4 nitrogen and oxygen atoms in total. The number of Topliss-reactive ketones (excluding diaryl/α,β-unsaturated/α-hetero) is 1. The van der Waals surface area contributed by atoms with Crippen LogP contribution >= 0.6 is 0 Å². The first-order chi connectivity index (χ1) is 9.65. The molecule has 1 amide bonds. The summed E-state index contributed by atoms with van der Waals surface area (Å²) in [7, 11) is 0. The third-order valence-corrected chi connectivity index (χ3v) is 2.65. The Bertz CT molecular complexity index is 649. The van der Waals surface area contributed by atoms with Gasteiger partial charge in [0, 0.05) is 29.7 Å². The number of aromatic nitrogens is 1. The maximum absolute atomic E-state index is 11.8. The number of anilines is 1. The Hall–Kier alpha value is -2.75. The van der Waals surface area contributed by atoms with Crippen LogP contribution in [0.4, 0.5) is 5.69 Å². The van der Waals surface area contributed by atoms with Crippen molar-refractivity contribution in [1.29, 1.82) is 0 Å². The molecule has 0 saturated carbocycles. The lowest BCUT2D eigenvalue weighted by Crippen LogP contribution is -2.08. The van der Waals surface area contributed by atoms with Gasteiger partial charge in [0.2, 0.25) is 5.91 Å². The molecule has 0 radical (unpaired) electrons. The Morgan fingerprint density at radius 3 is 2.75 bits per heavy atom. The number of pyridine rings is 1. The second-order valence-electron chi connectivity index (χ2n) is 4.25. The van der Waals surface area contributed by atoms with Crippen molar-refractivity contribution in [3.8, 4) is 0 Å². The second-order valence-corrected chi connectivity index (χ2v) is 4.25. The number of carbonyl (C=O) groups is 2. The molecule has 1 heterocycles. The van der Waals surface area contributed by atoms with E-state index in [2.05, 4.69) is 10.3 Å². The van der Waals surface area contributed by atoms with E-state index in [0.29, 0.717) is 11.3 Å². The van der Waals surface area contributed by atoms with Crippen molar-refractivity contribution in [3.05, 3.63) is 66.0 Å². The van der Waals surface area contributed by atoms with E-state index in [-0.39, 0.29) is 11.7 Å². The van der Waals surface area contributed by atoms with Crippen molar-refractivity contribution in [2.75, 3.05) is 5.32 Å². The highest BCUT2D eigenvalue weighted by Crippen LogP contribution is 2.11. The molecular weight excluding hydrogens is 252 g/mol. The first-order valence-electron chi connectivity index (χ1n) is 6.15. The van der Waals surface area contributed by atoms with Gasteiger partial charge in [0.25, 0.3) is 0 Å². The number of nitrogens with one attached hydrogen (secondary N) is 1. The van der Waals surface area contributed by atoms with Crippen molar-refractivity contribution in [1.82, 2.24) is 4.98 Å². The standard InChI is InChI=1S/C16H14N2O2/c1-12(19)14-5-2-6-15(10-14)18-16(20)8-7-13-4-3-9-17-11-13/h2-11H,1H3,(H,18,20)/b8-7+. The second kappa shape index (κ2) is 6.43. The molecule has 4 heteroatoms. The zero-order chi connectivity index (χ0) is 14.4. The average Bonchev–Trinajstić information content (AvgIpc) is 2.46. The van der Waals surface area contributed by atoms with Crippen molar-refractivity contribution in [2.24, 2.45) is 0 Å². The van der Waals surface area contributed by atoms with E-state index in [1.165, 1.54) is 13.0 Å². The minimum Gasteiger partial charge on any atom is -0.322 e. The van der Waals surface area contributed by atoms with E-state index in [0.717, 1.165) is 5.56 Å². The highest BCUT2D eigenvalue weighted by Gasteiger charge is 2.02. The number of hydrogen-bond acceptors (Lipinski definition) is 3. The van der Waals surface area contributed by atoms with Gasteiger partial charge in [-0.25, -0.2) is 0 Å². The lowest BCUT2D eigenvalue weighted by Gasteiger charge is -2.03. The fourth-order valence-electron chi connectivity index (χ4n) is 1.65. The molecule has 20 heavy (non-hydrogen) atoms. The summed E-state index contributed by atoms with van der Waals surface area (Å²) in [6.07, 6.45) is 6.44. The molecule has 1 aromatic heterocycles. The largest absolute Gasteiger partial charge is 0.322 e. The van der Waals surface area contributed by atoms with Gasteiger partial charge >= 0.3 is 0 Å². The molecule has 0 atom stereocenters. The highest BCUT2D eigenvalue weighted by molar-refractivity contribution is 6.03. The first kappa shape index (κ1) is 13.7. The molecule has 0 aliphatic carbocycles. The molecule has 0 unspecified atom stereocenters. The third kappa shape index (κ3) is 3.88. The summed E-state index contributed by atoms with van der Waals surface area (Å²) in [6.45, 7) is 1.49. The van der Waals surface area contributed by atoms with E-state index in [9.17, 15) is 9.59 Å². The van der Waals surface area contributed by atoms with Gasteiger partial charge in [-0.15, -0.1) is 0 Å². The molecule has 100 valence electrons. The summed E-state index contributed by atoms with van der Waals surface area (Å²) in [5.74, 6) is -0.290. The van der Waals surface area contributed by atoms with Crippen molar-refractivity contribution in [3.63, 3.8) is 0 Å². The van der Waals surface area contributed by atoms with Crippen LogP contribution in [0.25, 0.3) is 6.08 Å². The van der Waals surface area contributed by atoms with Crippen LogP contribution in [0, 0.1) is 0 Å². The quantitative estimate of drug-likeness (QED) is 0.683. The summed E-state index contributed by atoms with van der Waals surface area (Å²) >= 11 is 0. The minimum absolute atomic E-state index is 0.0352. The summed E-state index contributed by atoms with van der Waals surface area (Å²) in [4.78, 5) is 27.0. The van der Waals surface area contributed by atoms with Crippen molar-refractivity contribution >= 4 is 23.5 Å². The van der Waals surface area contributed by atoms with Gasteiger partial charge in [-0.05, 0) is 36.8 Å². The molecule has 0 aliphatic rings. The number of nitrogens with zero attached hydrogens (tertiary/aromatic N) is 1. The molecule has 0 saturated heterocycles. The first-order valence-corrected chi connectivity index (χ1v) is 6.15. The molecular formula is C16H14N2O2. The maximum atomic E-state index is 11.8. The Balaban J connectivity index is 2.03. The monoisotopic (exact) mass is 266 g/mol. The van der Waals surface area contributed by atoms with Gasteiger partial charge in [0.1, 0.15) is 0 Å². The molecule has 1 N–H and O–H groups in total. The smallest absolute Gasteiger partial charge is 0.248 e. The lowest BCUT2D eigenvalue weighted by molar-refractivity contribution is -0.111. The van der Waals surface area contributed by atoms with Gasteiger partial charge in [0.05, 0.1) is 0 Å². The van der Waals surface area contributed by atoms with Crippen LogP contribution in [0.15, 0.2) is 54.9 Å². The zero-order valence-corrected chi connectivity index (χ0v) is 11.0. The van der Waals surface area contributed by atoms with E-state index in [1.54, 1.807) is 48.8 Å². The van der Waals surface area contributed by atoms with Crippen LogP contribution in [0.1, 0.15) is 22.8 Å². The molecule has 2 aromatic rings. The Labute approximate surface area is 117 Å². The van der Waals surface area contributed by atoms with E-state index in [4.69, 9.17) is 0 Å². The Morgan fingerprint density at radius 1 is 1.20 bits per heavy atom. The molecule has 1 aromatic carbocycles. The average molecular weight is 266 g/mol. The topological polar surface area (TPSA) is 59.1 Å². The number of benzene rings is 1. The van der Waals surface area contributed by atoms with Crippen LogP contribution in [-0.2, 0) is 4.79 Å². The number of rotatable bonds is 4. The number of ketones is 1. The van der Waals surface area contributed by atoms with Crippen molar-refractivity contribution in [2.45, 2.75) is 6.92 Å². The summed E-state index contributed by atoms with van der Waals surface area (Å²) in [5.41, 5.74) is 2.01. The fourth-order valence-corrected chi connectivity index (χ4v) is 1.65. The number of hydrogen-bond donors (Lipinski definition) is 1. The Kier molecular flexibility index (Phi) is 4.39. The summed E-state index contributed by atoms with van der Waals surface area (Å²) < 4.78 is 0. The lowest BCUT2D eigenvalue weighted by atomic mass is 10.1. The SMILES string of the molecule is CC(=O)c1cccc(NC(=O)/C=C/c2cccnc2)c1. The minimum atomic E-state index is -0.255. The van der Waals surface area contributed by atoms with E-state index in [1.807, 2.05) is 6.07 Å². The third-order valence-electron chi connectivity index (χ3n) is 2.65. The summed E-state index contributed by atoms with van der Waals surface area (Å²) in [6, 6.07) is 10.5. The predicted molar refractivity (Wildman–Crippen MR) is 78.3 cm³/mol. The van der Waals surface area contributed by atoms with Crippen molar-refractivity contribution < 1.29 is 9.59 Å². The van der Waals surface area contributed by atoms with Gasteiger partial charge < -0.3 is 5.32 Å². The van der Waals surface area contributed by atoms with Crippen LogP contribution in [0.5, 0.6) is 0 Å². The van der Waals surface area contributed by atoms with E-state index >= 15 is 0 Å².